The second-order valence-corrected chi connectivity index (χ2v) is 14.3. The molecular weight excluding hydrogens is 714 g/mol. The first-order valence-corrected chi connectivity index (χ1v) is 18.5. The zero-order valence-electron chi connectivity index (χ0n) is 29.6. The first kappa shape index (κ1) is 35.4. The van der Waals surface area contributed by atoms with Crippen LogP contribution >= 0.6 is 11.6 Å². The molecule has 278 valence electrons. The van der Waals surface area contributed by atoms with Crippen molar-refractivity contribution in [3.63, 3.8) is 0 Å². The van der Waals surface area contributed by atoms with Crippen LogP contribution in [0.15, 0.2) is 54.9 Å². The van der Waals surface area contributed by atoms with Crippen molar-refractivity contribution >= 4 is 69.5 Å². The summed E-state index contributed by atoms with van der Waals surface area (Å²) in [5.41, 5.74) is 5.23. The number of benzene rings is 2. The lowest BCUT2D eigenvalue weighted by molar-refractivity contribution is -0.142. The SMILES string of the molecule is CCc1c[nH]c2ncc(-c3cccc(N4CCN(C(=O)COC5CCN(c6cccc7c6C(=O)N(C6CCC(=O)NC6=O)C7=O)CC5)CC4=O)c3)c(Cl)c12. The maximum absolute atomic E-state index is 13.6. The second kappa shape index (κ2) is 14.3. The lowest BCUT2D eigenvalue weighted by Crippen LogP contribution is -2.54. The van der Waals surface area contributed by atoms with Crippen LogP contribution in [0.3, 0.4) is 0 Å². The van der Waals surface area contributed by atoms with E-state index in [1.165, 1.54) is 4.90 Å². The number of hydrogen-bond acceptors (Lipinski definition) is 9. The Morgan fingerprint density at radius 2 is 1.76 bits per heavy atom. The first-order chi connectivity index (χ1) is 26.1. The van der Waals surface area contributed by atoms with Gasteiger partial charge >= 0.3 is 0 Å². The number of hydrogen-bond donors (Lipinski definition) is 2. The summed E-state index contributed by atoms with van der Waals surface area (Å²) in [5.74, 6) is -2.63. The zero-order valence-corrected chi connectivity index (χ0v) is 30.4. The number of ether oxygens (including phenoxy) is 1. The van der Waals surface area contributed by atoms with Gasteiger partial charge in [-0.1, -0.05) is 36.7 Å². The molecule has 3 saturated heterocycles. The van der Waals surface area contributed by atoms with Crippen LogP contribution in [0.25, 0.3) is 22.2 Å². The van der Waals surface area contributed by atoms with Gasteiger partial charge in [0.15, 0.2) is 0 Å². The number of H-pyrrole nitrogens is 1. The number of piperazine rings is 1. The molecule has 14 nitrogen and oxygen atoms in total. The van der Waals surface area contributed by atoms with Gasteiger partial charge in [-0.15, -0.1) is 0 Å². The van der Waals surface area contributed by atoms with Gasteiger partial charge in [-0.2, -0.15) is 0 Å². The normalized spacial score (nSPS) is 19.6. The molecule has 1 atom stereocenters. The van der Waals surface area contributed by atoms with Gasteiger partial charge in [0.05, 0.1) is 27.9 Å². The number of nitrogens with one attached hydrogen (secondary N) is 2. The van der Waals surface area contributed by atoms with Crippen LogP contribution in [0.2, 0.25) is 5.02 Å². The lowest BCUT2D eigenvalue weighted by Gasteiger charge is -2.36. The van der Waals surface area contributed by atoms with Gasteiger partial charge < -0.3 is 24.4 Å². The topological polar surface area (TPSA) is 165 Å². The van der Waals surface area contributed by atoms with E-state index in [9.17, 15) is 28.8 Å². The molecule has 1 unspecified atom stereocenters. The molecule has 54 heavy (non-hydrogen) atoms. The molecular formula is C39H38ClN7O7. The van der Waals surface area contributed by atoms with Crippen LogP contribution in [0, 0.1) is 0 Å². The fourth-order valence-electron chi connectivity index (χ4n) is 7.90. The number of fused-ring (bicyclic) bond motifs is 2. The Morgan fingerprint density at radius 1 is 0.963 bits per heavy atom. The van der Waals surface area contributed by atoms with Crippen LogP contribution in [0.5, 0.6) is 0 Å². The maximum Gasteiger partial charge on any atom is 0.264 e. The number of halogens is 1. The molecule has 2 N–H and O–H groups in total. The Balaban J connectivity index is 0.852. The minimum Gasteiger partial charge on any atom is -0.371 e. The van der Waals surface area contributed by atoms with E-state index in [1.807, 2.05) is 35.4 Å². The lowest BCUT2D eigenvalue weighted by atomic mass is 10.0. The molecule has 15 heteroatoms. The minimum absolute atomic E-state index is 0.0507. The molecule has 0 bridgehead atoms. The van der Waals surface area contributed by atoms with Crippen molar-refractivity contribution < 1.29 is 33.5 Å². The van der Waals surface area contributed by atoms with E-state index in [4.69, 9.17) is 16.3 Å². The fourth-order valence-corrected chi connectivity index (χ4v) is 8.27. The first-order valence-electron chi connectivity index (χ1n) is 18.2. The van der Waals surface area contributed by atoms with Gasteiger partial charge in [-0.05, 0) is 61.1 Å². The quantitative estimate of drug-likeness (QED) is 0.256. The average molecular weight is 752 g/mol. The van der Waals surface area contributed by atoms with Crippen molar-refractivity contribution in [2.45, 2.75) is 51.2 Å². The predicted molar refractivity (Wildman–Crippen MR) is 199 cm³/mol. The highest BCUT2D eigenvalue weighted by Gasteiger charge is 2.46. The Kier molecular flexibility index (Phi) is 9.40. The highest BCUT2D eigenvalue weighted by molar-refractivity contribution is 6.38. The van der Waals surface area contributed by atoms with Gasteiger partial charge in [-0.3, -0.25) is 39.0 Å². The number of aromatic amines is 1. The molecule has 4 aliphatic heterocycles. The third-order valence-corrected chi connectivity index (χ3v) is 11.2. The van der Waals surface area contributed by atoms with Gasteiger partial charge in [0.1, 0.15) is 24.8 Å². The summed E-state index contributed by atoms with van der Waals surface area (Å²) in [7, 11) is 0. The largest absolute Gasteiger partial charge is 0.371 e. The summed E-state index contributed by atoms with van der Waals surface area (Å²) in [6, 6.07) is 11.6. The van der Waals surface area contributed by atoms with Crippen molar-refractivity contribution in [1.29, 1.82) is 0 Å². The molecule has 6 amide bonds. The third-order valence-electron chi connectivity index (χ3n) is 10.8. The zero-order chi connectivity index (χ0) is 37.7. The second-order valence-electron chi connectivity index (χ2n) is 13.9. The summed E-state index contributed by atoms with van der Waals surface area (Å²) in [4.78, 5) is 91.5. The van der Waals surface area contributed by atoms with Crippen LogP contribution in [-0.4, -0.2) is 107 Å². The number of piperidine rings is 2. The number of carbonyl (C=O) groups is 6. The van der Waals surface area contributed by atoms with Crippen LogP contribution in [-0.2, 0) is 30.3 Å². The minimum atomic E-state index is -1.04. The van der Waals surface area contributed by atoms with Crippen molar-refractivity contribution in [2.24, 2.45) is 0 Å². The van der Waals surface area contributed by atoms with Gasteiger partial charge in [0, 0.05) is 61.6 Å². The Morgan fingerprint density at radius 3 is 2.52 bits per heavy atom. The highest BCUT2D eigenvalue weighted by Crippen LogP contribution is 2.37. The number of pyridine rings is 1. The van der Waals surface area contributed by atoms with Crippen molar-refractivity contribution in [2.75, 3.05) is 49.1 Å². The summed E-state index contributed by atoms with van der Waals surface area (Å²) in [5, 5.41) is 3.73. The monoisotopic (exact) mass is 751 g/mol. The maximum atomic E-state index is 13.6. The van der Waals surface area contributed by atoms with Crippen molar-refractivity contribution in [1.82, 2.24) is 25.1 Å². The van der Waals surface area contributed by atoms with Gasteiger partial charge in [-0.25, -0.2) is 4.98 Å². The molecule has 3 fully saturated rings. The number of imide groups is 2. The number of aryl methyl sites for hydroxylation is 1. The Labute approximate surface area is 315 Å². The van der Waals surface area contributed by atoms with Gasteiger partial charge in [0.25, 0.3) is 11.8 Å². The molecule has 0 radical (unpaired) electrons. The molecule has 4 aliphatic rings. The van der Waals surface area contributed by atoms with E-state index in [1.54, 1.807) is 29.3 Å². The van der Waals surface area contributed by atoms with Crippen LogP contribution in [0.4, 0.5) is 11.4 Å². The van der Waals surface area contributed by atoms with E-state index in [0.717, 1.165) is 39.0 Å². The summed E-state index contributed by atoms with van der Waals surface area (Å²) >= 11 is 6.87. The third kappa shape index (κ3) is 6.28. The van der Waals surface area contributed by atoms with E-state index in [0.29, 0.717) is 55.4 Å². The molecule has 4 aromatic rings. The van der Waals surface area contributed by atoms with E-state index < -0.39 is 29.7 Å². The number of aromatic nitrogens is 2. The van der Waals surface area contributed by atoms with E-state index in [-0.39, 0.29) is 55.0 Å². The molecule has 0 saturated carbocycles. The number of nitrogens with zero attached hydrogens (tertiary/aromatic N) is 5. The molecule has 8 rings (SSSR count). The highest BCUT2D eigenvalue weighted by atomic mass is 35.5. The van der Waals surface area contributed by atoms with Gasteiger partial charge in [0.2, 0.25) is 23.6 Å². The van der Waals surface area contributed by atoms with Crippen LogP contribution < -0.4 is 15.1 Å². The smallest absolute Gasteiger partial charge is 0.264 e. The van der Waals surface area contributed by atoms with Crippen molar-refractivity contribution in [3.05, 3.63) is 76.6 Å². The Hall–Kier alpha value is -5.60. The summed E-state index contributed by atoms with van der Waals surface area (Å²) < 4.78 is 6.03. The standard InChI is InChI=1S/C39H38ClN7O7/c1-2-22-18-41-36-33(22)35(40)27(19-42-36)23-5-3-6-24(17-23)46-16-15-45(20-31(46)49)32(50)21-54-25-11-13-44(14-12-25)28-8-4-7-26-34(28)39(53)47(38(26)52)29-9-10-30(48)43-37(29)51/h3-8,17-19,25,29H,2,9-16,20-21H2,1H3,(H,41,42)(H,43,48,51). The number of amides is 6. The molecule has 2 aromatic carbocycles. The molecule has 0 spiro atoms. The molecule has 6 heterocycles. The Bertz CT molecular complexity index is 2230. The number of rotatable bonds is 8. The van der Waals surface area contributed by atoms with Crippen LogP contribution in [0.1, 0.15) is 58.9 Å². The van der Waals surface area contributed by atoms with Crippen molar-refractivity contribution in [3.8, 4) is 11.1 Å². The molecule has 2 aromatic heterocycles. The predicted octanol–water partition coefficient (Wildman–Crippen LogP) is 3.71. The molecule has 0 aliphatic carbocycles. The number of carbonyl (C=O) groups excluding carboxylic acids is 6. The summed E-state index contributed by atoms with van der Waals surface area (Å²) in [6.07, 6.45) is 5.55. The summed E-state index contributed by atoms with van der Waals surface area (Å²) in [6.45, 7) is 3.57. The fraction of sp³-hybridized carbons (Fsp3) is 0.359. The van der Waals surface area contributed by atoms with E-state index >= 15 is 0 Å². The van der Waals surface area contributed by atoms with E-state index in [2.05, 4.69) is 22.2 Å². The average Bonchev–Trinajstić information content (AvgIpc) is 3.72. The number of anilines is 2.